The largest absolute Gasteiger partial charge is 0.491 e. The molecule has 144 valence electrons. The van der Waals surface area contributed by atoms with Gasteiger partial charge in [-0.3, -0.25) is 5.10 Å². The number of benzene rings is 1. The monoisotopic (exact) mass is 377 g/mol. The molecular formula is C21H23N5O2. The third-order valence-electron chi connectivity index (χ3n) is 4.47. The molecule has 2 aromatic heterocycles. The minimum atomic E-state index is 0.0998. The van der Waals surface area contributed by atoms with Crippen LogP contribution in [0, 0.1) is 0 Å². The van der Waals surface area contributed by atoms with Crippen molar-refractivity contribution in [3.8, 4) is 17.3 Å². The molecule has 3 aromatic rings. The molecular weight excluding hydrogens is 354 g/mol. The average molecular weight is 377 g/mol. The number of ether oxygens (including phenoxy) is 1. The lowest BCUT2D eigenvalue weighted by atomic mass is 10.1. The van der Waals surface area contributed by atoms with Gasteiger partial charge < -0.3 is 14.7 Å². The predicted octanol–water partition coefficient (Wildman–Crippen LogP) is 3.01. The van der Waals surface area contributed by atoms with Gasteiger partial charge in [-0.15, -0.1) is 0 Å². The van der Waals surface area contributed by atoms with Crippen LogP contribution in [0.3, 0.4) is 0 Å². The number of allylic oxidation sites excluding steroid dienone is 2. The van der Waals surface area contributed by atoms with Gasteiger partial charge in [-0.2, -0.15) is 5.10 Å². The van der Waals surface area contributed by atoms with Crippen LogP contribution >= 0.6 is 0 Å². The molecule has 0 saturated carbocycles. The number of aromatic nitrogens is 4. The van der Waals surface area contributed by atoms with E-state index in [1.54, 1.807) is 6.20 Å². The molecule has 28 heavy (non-hydrogen) atoms. The van der Waals surface area contributed by atoms with Crippen molar-refractivity contribution >= 4 is 16.5 Å². The molecule has 7 heteroatoms. The molecule has 0 atom stereocenters. The van der Waals surface area contributed by atoms with Gasteiger partial charge in [0.2, 0.25) is 0 Å². The lowest BCUT2D eigenvalue weighted by Gasteiger charge is -2.21. The molecule has 7 nitrogen and oxygen atoms in total. The van der Waals surface area contributed by atoms with Gasteiger partial charge in [0, 0.05) is 30.9 Å². The smallest absolute Gasteiger partial charge is 0.181 e. The quantitative estimate of drug-likeness (QED) is 0.687. The molecule has 1 aliphatic rings. The number of β-amino-alcohol motifs (C(OH)–C–C–N with tert-alkyl or cyclic N) is 1. The van der Waals surface area contributed by atoms with Gasteiger partial charge in [-0.25, -0.2) is 9.97 Å². The van der Waals surface area contributed by atoms with Crippen LogP contribution in [0.15, 0.2) is 48.8 Å². The number of aromatic amines is 1. The van der Waals surface area contributed by atoms with Crippen LogP contribution in [0.5, 0.6) is 5.75 Å². The summed E-state index contributed by atoms with van der Waals surface area (Å²) in [5, 5.41) is 17.5. The highest BCUT2D eigenvalue weighted by Crippen LogP contribution is 2.28. The fourth-order valence-electron chi connectivity index (χ4n) is 3.16. The van der Waals surface area contributed by atoms with Crippen molar-refractivity contribution in [2.24, 2.45) is 0 Å². The molecule has 0 amide bonds. The SMILES string of the molecule is CC(C)Oc1ccc2[nH]nc(-c3nccc(C4=CCN(CCO)C=C4)n3)c2c1. The Kier molecular flexibility index (Phi) is 5.08. The second-order valence-electron chi connectivity index (χ2n) is 6.91. The van der Waals surface area contributed by atoms with Crippen LogP contribution in [-0.4, -0.2) is 56.0 Å². The van der Waals surface area contributed by atoms with Crippen molar-refractivity contribution in [3.63, 3.8) is 0 Å². The fourth-order valence-corrected chi connectivity index (χ4v) is 3.16. The standard InChI is InChI=1S/C21H23N5O2/c1-14(2)28-16-3-4-19-17(13-16)20(25-24-19)21-22-8-5-18(23-21)15-6-9-26(10-7-15)11-12-27/h3-9,13-14,27H,10-12H2,1-2H3,(H,24,25). The highest BCUT2D eigenvalue weighted by Gasteiger charge is 2.14. The van der Waals surface area contributed by atoms with Crippen molar-refractivity contribution < 1.29 is 9.84 Å². The molecule has 0 unspecified atom stereocenters. The van der Waals surface area contributed by atoms with E-state index < -0.39 is 0 Å². The number of hydrogen-bond acceptors (Lipinski definition) is 6. The maximum Gasteiger partial charge on any atom is 0.181 e. The Bertz CT molecular complexity index is 1040. The van der Waals surface area contributed by atoms with Crippen molar-refractivity contribution in [2.45, 2.75) is 20.0 Å². The average Bonchev–Trinajstić information content (AvgIpc) is 3.12. The Morgan fingerprint density at radius 1 is 1.29 bits per heavy atom. The summed E-state index contributed by atoms with van der Waals surface area (Å²) in [5.41, 5.74) is 3.49. The van der Waals surface area contributed by atoms with Crippen molar-refractivity contribution in [3.05, 3.63) is 54.5 Å². The van der Waals surface area contributed by atoms with Crippen LogP contribution in [0.2, 0.25) is 0 Å². The van der Waals surface area contributed by atoms with E-state index in [1.807, 2.05) is 55.3 Å². The minimum absolute atomic E-state index is 0.0998. The van der Waals surface area contributed by atoms with Gasteiger partial charge in [-0.1, -0.05) is 6.08 Å². The lowest BCUT2D eigenvalue weighted by molar-refractivity contribution is 0.242. The summed E-state index contributed by atoms with van der Waals surface area (Å²) in [5.74, 6) is 1.36. The Balaban J connectivity index is 1.66. The van der Waals surface area contributed by atoms with E-state index in [0.29, 0.717) is 18.1 Å². The van der Waals surface area contributed by atoms with E-state index in [2.05, 4.69) is 21.3 Å². The summed E-state index contributed by atoms with van der Waals surface area (Å²) in [7, 11) is 0. The summed E-state index contributed by atoms with van der Waals surface area (Å²) in [6, 6.07) is 7.74. The van der Waals surface area contributed by atoms with Crippen LogP contribution in [-0.2, 0) is 0 Å². The van der Waals surface area contributed by atoms with Crippen LogP contribution in [0.25, 0.3) is 28.0 Å². The van der Waals surface area contributed by atoms with E-state index in [-0.39, 0.29) is 12.7 Å². The number of fused-ring (bicyclic) bond motifs is 1. The molecule has 0 bridgehead atoms. The Labute approximate surface area is 163 Å². The summed E-state index contributed by atoms with van der Waals surface area (Å²) >= 11 is 0. The van der Waals surface area contributed by atoms with Crippen molar-refractivity contribution in [1.82, 2.24) is 25.1 Å². The summed E-state index contributed by atoms with van der Waals surface area (Å²) in [6.45, 7) is 5.50. The molecule has 2 N–H and O–H groups in total. The maximum atomic E-state index is 9.06. The number of aliphatic hydroxyl groups excluding tert-OH is 1. The predicted molar refractivity (Wildman–Crippen MR) is 109 cm³/mol. The summed E-state index contributed by atoms with van der Waals surface area (Å²) in [6.07, 6.45) is 7.93. The highest BCUT2D eigenvalue weighted by atomic mass is 16.5. The molecule has 0 saturated heterocycles. The first-order valence-electron chi connectivity index (χ1n) is 9.36. The molecule has 0 radical (unpaired) electrons. The van der Waals surface area contributed by atoms with Gasteiger partial charge in [0.15, 0.2) is 5.82 Å². The number of aliphatic hydroxyl groups is 1. The van der Waals surface area contributed by atoms with E-state index in [9.17, 15) is 0 Å². The molecule has 1 aliphatic heterocycles. The number of nitrogens with zero attached hydrogens (tertiary/aromatic N) is 4. The number of hydrogen-bond donors (Lipinski definition) is 2. The van der Waals surface area contributed by atoms with Crippen molar-refractivity contribution in [2.75, 3.05) is 19.7 Å². The first-order valence-corrected chi connectivity index (χ1v) is 9.36. The second kappa shape index (κ2) is 7.82. The van der Waals surface area contributed by atoms with Gasteiger partial charge in [0.05, 0.1) is 23.9 Å². The molecule has 4 rings (SSSR count). The van der Waals surface area contributed by atoms with Gasteiger partial charge in [-0.05, 0) is 49.8 Å². The van der Waals surface area contributed by atoms with Crippen LogP contribution in [0.1, 0.15) is 19.5 Å². The van der Waals surface area contributed by atoms with E-state index in [1.165, 1.54) is 0 Å². The van der Waals surface area contributed by atoms with E-state index in [0.717, 1.165) is 34.5 Å². The molecule has 3 heterocycles. The Hall–Kier alpha value is -3.19. The number of nitrogens with one attached hydrogen (secondary N) is 1. The molecule has 0 spiro atoms. The zero-order valence-corrected chi connectivity index (χ0v) is 16.0. The fraction of sp³-hybridized carbons (Fsp3) is 0.286. The first kappa shape index (κ1) is 18.2. The van der Waals surface area contributed by atoms with Gasteiger partial charge >= 0.3 is 0 Å². The second-order valence-corrected chi connectivity index (χ2v) is 6.91. The van der Waals surface area contributed by atoms with Gasteiger partial charge in [0.1, 0.15) is 11.4 Å². The molecule has 0 aliphatic carbocycles. The zero-order chi connectivity index (χ0) is 19.5. The third kappa shape index (κ3) is 3.75. The summed E-state index contributed by atoms with van der Waals surface area (Å²) < 4.78 is 5.81. The highest BCUT2D eigenvalue weighted by molar-refractivity contribution is 5.92. The van der Waals surface area contributed by atoms with Crippen LogP contribution in [0.4, 0.5) is 0 Å². The number of H-pyrrole nitrogens is 1. The van der Waals surface area contributed by atoms with Crippen LogP contribution < -0.4 is 4.74 Å². The Morgan fingerprint density at radius 2 is 2.18 bits per heavy atom. The zero-order valence-electron chi connectivity index (χ0n) is 16.0. The normalized spacial score (nSPS) is 14.0. The first-order chi connectivity index (χ1) is 13.6. The summed E-state index contributed by atoms with van der Waals surface area (Å²) in [4.78, 5) is 11.2. The third-order valence-corrected chi connectivity index (χ3v) is 4.47. The van der Waals surface area contributed by atoms with E-state index >= 15 is 0 Å². The molecule has 0 fully saturated rings. The maximum absolute atomic E-state index is 9.06. The minimum Gasteiger partial charge on any atom is -0.491 e. The lowest BCUT2D eigenvalue weighted by Crippen LogP contribution is -2.23. The number of rotatable bonds is 6. The van der Waals surface area contributed by atoms with E-state index in [4.69, 9.17) is 14.8 Å². The Morgan fingerprint density at radius 3 is 2.93 bits per heavy atom. The van der Waals surface area contributed by atoms with Crippen molar-refractivity contribution in [1.29, 1.82) is 0 Å². The van der Waals surface area contributed by atoms with Gasteiger partial charge in [0.25, 0.3) is 0 Å². The molecule has 1 aromatic carbocycles. The topological polar surface area (TPSA) is 87.2 Å².